The van der Waals surface area contributed by atoms with Crippen LogP contribution < -0.4 is 10.6 Å². The molecule has 0 spiro atoms. The van der Waals surface area contributed by atoms with E-state index in [0.29, 0.717) is 10.6 Å². The van der Waals surface area contributed by atoms with Gasteiger partial charge in [-0.05, 0) is 25.0 Å². The number of halogens is 3. The lowest BCUT2D eigenvalue weighted by atomic mass is 10.1. The van der Waals surface area contributed by atoms with Crippen LogP contribution in [0.3, 0.4) is 0 Å². The summed E-state index contributed by atoms with van der Waals surface area (Å²) in [6, 6.07) is 4.66. The number of aromatic nitrogens is 2. The highest BCUT2D eigenvalue weighted by Crippen LogP contribution is 2.33. The molecule has 1 saturated carbocycles. The molecule has 5 nitrogen and oxygen atoms in total. The summed E-state index contributed by atoms with van der Waals surface area (Å²) in [6.07, 6.45) is -0.298. The number of nitrogens with zero attached hydrogens (tertiary/aromatic N) is 2. The van der Waals surface area contributed by atoms with Crippen LogP contribution in [0, 0.1) is 0 Å². The van der Waals surface area contributed by atoms with E-state index in [0.717, 1.165) is 49.2 Å². The summed E-state index contributed by atoms with van der Waals surface area (Å²) in [5.41, 5.74) is -0.435. The number of amides is 2. The zero-order valence-corrected chi connectivity index (χ0v) is 13.4. The highest BCUT2D eigenvalue weighted by molar-refractivity contribution is 7.18. The van der Waals surface area contributed by atoms with Crippen LogP contribution in [0.25, 0.3) is 10.6 Å². The van der Waals surface area contributed by atoms with Gasteiger partial charge in [0.05, 0.1) is 5.56 Å². The van der Waals surface area contributed by atoms with Gasteiger partial charge in [-0.1, -0.05) is 36.3 Å². The summed E-state index contributed by atoms with van der Waals surface area (Å²) < 4.78 is 38.3. The number of anilines is 1. The molecule has 2 amide bonds. The van der Waals surface area contributed by atoms with E-state index in [1.807, 2.05) is 0 Å². The average molecular weight is 356 g/mol. The molecule has 0 radical (unpaired) electrons. The van der Waals surface area contributed by atoms with Crippen molar-refractivity contribution in [1.82, 2.24) is 15.5 Å². The predicted octanol–water partition coefficient (Wildman–Crippen LogP) is 4.29. The molecule has 0 bridgehead atoms. The number of carbonyl (C=O) groups excluding carboxylic acids is 1. The summed E-state index contributed by atoms with van der Waals surface area (Å²) in [5.74, 6) is 0. The Morgan fingerprint density at radius 2 is 1.96 bits per heavy atom. The first-order valence-electron chi connectivity index (χ1n) is 7.50. The van der Waals surface area contributed by atoms with E-state index in [1.165, 1.54) is 12.1 Å². The zero-order chi connectivity index (χ0) is 17.2. The van der Waals surface area contributed by atoms with E-state index in [9.17, 15) is 18.0 Å². The fourth-order valence-corrected chi connectivity index (χ4v) is 3.34. The molecule has 1 heterocycles. The topological polar surface area (TPSA) is 66.9 Å². The second-order valence-corrected chi connectivity index (χ2v) is 6.55. The van der Waals surface area contributed by atoms with Crippen molar-refractivity contribution in [3.63, 3.8) is 0 Å². The molecule has 1 aliphatic rings. The van der Waals surface area contributed by atoms with Crippen molar-refractivity contribution in [3.05, 3.63) is 29.8 Å². The lowest BCUT2D eigenvalue weighted by Crippen LogP contribution is -2.36. The average Bonchev–Trinajstić information content (AvgIpc) is 3.18. The maximum atomic E-state index is 12.8. The number of hydrogen-bond acceptors (Lipinski definition) is 4. The summed E-state index contributed by atoms with van der Waals surface area (Å²) in [5, 5.41) is 13.7. The van der Waals surface area contributed by atoms with Gasteiger partial charge in [0.2, 0.25) is 5.13 Å². The first-order chi connectivity index (χ1) is 11.4. The maximum Gasteiger partial charge on any atom is 0.416 e. The maximum absolute atomic E-state index is 12.8. The third-order valence-corrected chi connectivity index (χ3v) is 4.66. The van der Waals surface area contributed by atoms with Crippen LogP contribution in [-0.2, 0) is 6.18 Å². The Morgan fingerprint density at radius 3 is 2.67 bits per heavy atom. The van der Waals surface area contributed by atoms with Crippen LogP contribution >= 0.6 is 11.3 Å². The largest absolute Gasteiger partial charge is 0.416 e. The summed E-state index contributed by atoms with van der Waals surface area (Å²) in [7, 11) is 0. The number of nitrogens with one attached hydrogen (secondary N) is 2. The third-order valence-electron chi connectivity index (χ3n) is 3.77. The van der Waals surface area contributed by atoms with Gasteiger partial charge >= 0.3 is 12.2 Å². The quantitative estimate of drug-likeness (QED) is 0.862. The molecule has 2 aromatic rings. The molecule has 0 unspecified atom stereocenters. The second-order valence-electron chi connectivity index (χ2n) is 5.57. The fourth-order valence-electron chi connectivity index (χ4n) is 2.61. The molecule has 0 atom stereocenters. The van der Waals surface area contributed by atoms with Crippen molar-refractivity contribution in [3.8, 4) is 10.6 Å². The smallest absolute Gasteiger partial charge is 0.335 e. The minimum absolute atomic E-state index is 0.167. The number of urea groups is 1. The first-order valence-corrected chi connectivity index (χ1v) is 8.32. The van der Waals surface area contributed by atoms with Crippen LogP contribution in [-0.4, -0.2) is 22.3 Å². The lowest BCUT2D eigenvalue weighted by molar-refractivity contribution is -0.137. The van der Waals surface area contributed by atoms with Crippen LogP contribution in [0.15, 0.2) is 24.3 Å². The van der Waals surface area contributed by atoms with E-state index in [-0.39, 0.29) is 17.2 Å². The van der Waals surface area contributed by atoms with Gasteiger partial charge in [-0.2, -0.15) is 13.2 Å². The number of carbonyl (C=O) groups is 1. The first kappa shape index (κ1) is 16.7. The molecule has 2 N–H and O–H groups in total. The van der Waals surface area contributed by atoms with Crippen LogP contribution in [0.2, 0.25) is 0 Å². The Morgan fingerprint density at radius 1 is 1.21 bits per heavy atom. The van der Waals surface area contributed by atoms with Crippen LogP contribution in [0.1, 0.15) is 31.2 Å². The molecule has 1 aromatic heterocycles. The second kappa shape index (κ2) is 6.76. The van der Waals surface area contributed by atoms with E-state index in [4.69, 9.17) is 0 Å². The number of rotatable bonds is 3. The minimum atomic E-state index is -4.41. The van der Waals surface area contributed by atoms with E-state index < -0.39 is 11.7 Å². The lowest BCUT2D eigenvalue weighted by Gasteiger charge is -2.11. The SMILES string of the molecule is O=C(Nc1nnc(-c2cccc(C(F)(F)F)c2)s1)NC1CCCC1. The number of alkyl halides is 3. The molecular weight excluding hydrogens is 341 g/mol. The van der Waals surface area contributed by atoms with Crippen molar-refractivity contribution in [2.45, 2.75) is 37.9 Å². The van der Waals surface area contributed by atoms with Crippen molar-refractivity contribution < 1.29 is 18.0 Å². The zero-order valence-electron chi connectivity index (χ0n) is 12.6. The monoisotopic (exact) mass is 356 g/mol. The molecule has 1 aliphatic carbocycles. The molecule has 9 heteroatoms. The number of benzene rings is 1. The van der Waals surface area contributed by atoms with Crippen molar-refractivity contribution in [1.29, 1.82) is 0 Å². The van der Waals surface area contributed by atoms with Crippen molar-refractivity contribution in [2.75, 3.05) is 5.32 Å². The van der Waals surface area contributed by atoms with Gasteiger partial charge in [0, 0.05) is 11.6 Å². The molecule has 128 valence electrons. The highest BCUT2D eigenvalue weighted by Gasteiger charge is 2.30. The Bertz CT molecular complexity index is 726. The third kappa shape index (κ3) is 4.02. The molecule has 1 fully saturated rings. The van der Waals surface area contributed by atoms with Crippen LogP contribution in [0.4, 0.5) is 23.1 Å². The van der Waals surface area contributed by atoms with Crippen molar-refractivity contribution in [2.24, 2.45) is 0 Å². The van der Waals surface area contributed by atoms with Gasteiger partial charge in [-0.25, -0.2) is 4.79 Å². The predicted molar refractivity (Wildman–Crippen MR) is 84.8 cm³/mol. The van der Waals surface area contributed by atoms with Gasteiger partial charge in [0.1, 0.15) is 5.01 Å². The highest BCUT2D eigenvalue weighted by atomic mass is 32.1. The van der Waals surface area contributed by atoms with Gasteiger partial charge in [0.15, 0.2) is 0 Å². The normalized spacial score (nSPS) is 15.5. The minimum Gasteiger partial charge on any atom is -0.335 e. The molecule has 0 saturated heterocycles. The summed E-state index contributed by atoms with van der Waals surface area (Å²) in [6.45, 7) is 0. The molecule has 0 aliphatic heterocycles. The molecule has 1 aromatic carbocycles. The molecule has 3 rings (SSSR count). The van der Waals surface area contributed by atoms with Crippen LogP contribution in [0.5, 0.6) is 0 Å². The number of hydrogen-bond donors (Lipinski definition) is 2. The van der Waals surface area contributed by atoms with E-state index >= 15 is 0 Å². The Labute approximate surface area is 140 Å². The molecule has 24 heavy (non-hydrogen) atoms. The van der Waals surface area contributed by atoms with Gasteiger partial charge in [-0.15, -0.1) is 10.2 Å². The van der Waals surface area contributed by atoms with Gasteiger partial charge in [0.25, 0.3) is 0 Å². The van der Waals surface area contributed by atoms with E-state index in [2.05, 4.69) is 20.8 Å². The summed E-state index contributed by atoms with van der Waals surface area (Å²) >= 11 is 1.03. The standard InChI is InChI=1S/C15H15F3N4OS/c16-15(17,18)10-5-3-4-9(8-10)12-21-22-14(24-12)20-13(23)19-11-6-1-2-7-11/h3-5,8,11H,1-2,6-7H2,(H2,19,20,22,23). The van der Waals surface area contributed by atoms with Gasteiger partial charge < -0.3 is 5.32 Å². The Kier molecular flexibility index (Phi) is 4.70. The van der Waals surface area contributed by atoms with E-state index in [1.54, 1.807) is 0 Å². The van der Waals surface area contributed by atoms with Gasteiger partial charge in [-0.3, -0.25) is 5.32 Å². The Hall–Kier alpha value is -2.16. The summed E-state index contributed by atoms with van der Waals surface area (Å²) in [4.78, 5) is 11.9. The fraction of sp³-hybridized carbons (Fsp3) is 0.400. The Balaban J connectivity index is 1.68. The van der Waals surface area contributed by atoms with Crippen molar-refractivity contribution >= 4 is 22.5 Å². The molecular formula is C15H15F3N4OS.